The number of fused-ring (bicyclic) bond motifs is 2. The summed E-state index contributed by atoms with van der Waals surface area (Å²) in [7, 11) is 1.56. The zero-order valence-corrected chi connectivity index (χ0v) is 17.2. The van der Waals surface area contributed by atoms with Crippen LogP contribution in [-0.2, 0) is 0 Å². The number of nitrogens with one attached hydrogen (secondary N) is 1. The van der Waals surface area contributed by atoms with Crippen LogP contribution in [0.3, 0.4) is 0 Å². The van der Waals surface area contributed by atoms with Gasteiger partial charge < -0.3 is 14.5 Å². The Hall–Kier alpha value is -3.07. The van der Waals surface area contributed by atoms with Gasteiger partial charge in [0, 0.05) is 18.4 Å². The van der Waals surface area contributed by atoms with Crippen LogP contribution >= 0.6 is 0 Å². The molecule has 7 nitrogen and oxygen atoms in total. The molecule has 2 saturated heterocycles. The standard InChI is InChI=1S/C22H23F2N5O2/c1-31-16-6-4-14(5-7-16)18-11-19(20(23)24)29-21(26-18)17(12-25-29)22(30)28-10-9-27-8-2-3-15(27)13-28/h4-7,11-12,15,20H,2-3,8-10,13H2,1H3/p+1. The Bertz CT molecular complexity index is 1120. The number of hydrogen-bond acceptors (Lipinski definition) is 4. The highest BCUT2D eigenvalue weighted by Crippen LogP contribution is 2.28. The third-order valence-corrected chi connectivity index (χ3v) is 6.40. The summed E-state index contributed by atoms with van der Waals surface area (Å²) in [6, 6.07) is 8.78. The summed E-state index contributed by atoms with van der Waals surface area (Å²) in [4.78, 5) is 21.2. The molecular formula is C22H24F2N5O2+. The fourth-order valence-corrected chi connectivity index (χ4v) is 4.73. The van der Waals surface area contributed by atoms with E-state index in [1.54, 1.807) is 36.3 Å². The molecule has 9 heteroatoms. The number of carbonyl (C=O) groups excluding carboxylic acids is 1. The van der Waals surface area contributed by atoms with Crippen LogP contribution in [0.4, 0.5) is 8.78 Å². The summed E-state index contributed by atoms with van der Waals surface area (Å²) in [5, 5.41) is 4.09. The van der Waals surface area contributed by atoms with E-state index in [1.165, 1.54) is 18.7 Å². The molecule has 2 atom stereocenters. The van der Waals surface area contributed by atoms with Gasteiger partial charge in [0.05, 0.1) is 45.2 Å². The normalized spacial score (nSPS) is 21.0. The van der Waals surface area contributed by atoms with Crippen LogP contribution in [0, 0.1) is 0 Å². The number of rotatable bonds is 4. The molecule has 2 aliphatic rings. The van der Waals surface area contributed by atoms with Crippen LogP contribution < -0.4 is 9.64 Å². The molecule has 162 valence electrons. The van der Waals surface area contributed by atoms with Gasteiger partial charge in [-0.1, -0.05) is 0 Å². The summed E-state index contributed by atoms with van der Waals surface area (Å²) < 4.78 is 33.9. The molecule has 2 aromatic heterocycles. The number of quaternary nitrogens is 1. The average molecular weight is 428 g/mol. The second-order valence-electron chi connectivity index (χ2n) is 8.14. The monoisotopic (exact) mass is 428 g/mol. The van der Waals surface area contributed by atoms with E-state index in [9.17, 15) is 13.6 Å². The second kappa shape index (κ2) is 7.88. The molecule has 0 bridgehead atoms. The Balaban J connectivity index is 1.54. The zero-order chi connectivity index (χ0) is 21.5. The Labute approximate surface area is 178 Å². The summed E-state index contributed by atoms with van der Waals surface area (Å²) >= 11 is 0. The number of piperazine rings is 1. The molecule has 2 aliphatic heterocycles. The van der Waals surface area contributed by atoms with Crippen molar-refractivity contribution in [1.29, 1.82) is 0 Å². The number of carbonyl (C=O) groups is 1. The van der Waals surface area contributed by atoms with Crippen LogP contribution in [0.25, 0.3) is 16.9 Å². The fourth-order valence-electron chi connectivity index (χ4n) is 4.73. The van der Waals surface area contributed by atoms with Gasteiger partial charge in [-0.05, 0) is 30.3 Å². The van der Waals surface area contributed by atoms with Crippen molar-refractivity contribution in [1.82, 2.24) is 19.5 Å². The number of nitrogens with zero attached hydrogens (tertiary/aromatic N) is 4. The molecule has 0 radical (unpaired) electrons. The Kier molecular flexibility index (Phi) is 5.05. The maximum Gasteiger partial charge on any atom is 0.280 e. The number of alkyl halides is 2. The van der Waals surface area contributed by atoms with E-state index in [0.717, 1.165) is 24.0 Å². The number of halogens is 2. The molecule has 1 amide bonds. The number of methoxy groups -OCH3 is 1. The topological polar surface area (TPSA) is 64.2 Å². The highest BCUT2D eigenvalue weighted by Gasteiger charge is 2.37. The minimum Gasteiger partial charge on any atom is -0.497 e. The van der Waals surface area contributed by atoms with E-state index in [4.69, 9.17) is 4.74 Å². The number of amides is 1. The zero-order valence-electron chi connectivity index (χ0n) is 17.2. The van der Waals surface area contributed by atoms with E-state index in [1.807, 2.05) is 4.90 Å². The van der Waals surface area contributed by atoms with Crippen molar-refractivity contribution in [3.05, 3.63) is 47.8 Å². The Morgan fingerprint density at radius 3 is 2.81 bits per heavy atom. The van der Waals surface area contributed by atoms with E-state index in [0.29, 0.717) is 36.1 Å². The highest BCUT2D eigenvalue weighted by atomic mass is 19.3. The molecule has 3 aromatic rings. The predicted octanol–water partition coefficient (Wildman–Crippen LogP) is 1.85. The first kappa shape index (κ1) is 19.9. The van der Waals surface area contributed by atoms with Gasteiger partial charge in [0.25, 0.3) is 12.3 Å². The van der Waals surface area contributed by atoms with Gasteiger partial charge in [-0.3, -0.25) is 4.79 Å². The van der Waals surface area contributed by atoms with Crippen molar-refractivity contribution in [2.24, 2.45) is 0 Å². The lowest BCUT2D eigenvalue weighted by molar-refractivity contribution is -0.916. The SMILES string of the molecule is COc1ccc(-c2cc(C(F)F)n3ncc(C(=O)N4CC[NH+]5CCCC5C4)c3n2)cc1. The molecular weight excluding hydrogens is 404 g/mol. The Morgan fingerprint density at radius 1 is 1.26 bits per heavy atom. The summed E-state index contributed by atoms with van der Waals surface area (Å²) in [6.45, 7) is 3.42. The molecule has 0 aliphatic carbocycles. The van der Waals surface area contributed by atoms with Crippen LogP contribution in [0.5, 0.6) is 5.75 Å². The van der Waals surface area contributed by atoms with E-state index >= 15 is 0 Å². The van der Waals surface area contributed by atoms with Crippen molar-refractivity contribution >= 4 is 11.6 Å². The average Bonchev–Trinajstić information content (AvgIpc) is 3.44. The summed E-state index contributed by atoms with van der Waals surface area (Å²) in [6.07, 6.45) is 0.908. The first-order valence-electron chi connectivity index (χ1n) is 10.5. The van der Waals surface area contributed by atoms with E-state index < -0.39 is 6.43 Å². The van der Waals surface area contributed by atoms with Crippen molar-refractivity contribution in [2.45, 2.75) is 25.3 Å². The maximum absolute atomic E-state index is 13.8. The lowest BCUT2D eigenvalue weighted by Crippen LogP contribution is -3.16. The van der Waals surface area contributed by atoms with Gasteiger partial charge in [0.2, 0.25) is 0 Å². The molecule has 1 aromatic carbocycles. The molecule has 0 spiro atoms. The van der Waals surface area contributed by atoms with E-state index in [2.05, 4.69) is 10.1 Å². The van der Waals surface area contributed by atoms with E-state index in [-0.39, 0.29) is 22.8 Å². The minimum absolute atomic E-state index is 0.162. The number of hydrogen-bond donors (Lipinski definition) is 1. The Morgan fingerprint density at radius 2 is 2.06 bits per heavy atom. The van der Waals surface area contributed by atoms with Gasteiger partial charge in [0.1, 0.15) is 23.0 Å². The number of aromatic nitrogens is 3. The van der Waals surface area contributed by atoms with Crippen LogP contribution in [0.2, 0.25) is 0 Å². The molecule has 4 heterocycles. The summed E-state index contributed by atoms with van der Waals surface area (Å²) in [5.41, 5.74) is 1.16. The molecule has 2 fully saturated rings. The molecule has 0 saturated carbocycles. The van der Waals surface area contributed by atoms with Gasteiger partial charge >= 0.3 is 0 Å². The third-order valence-electron chi connectivity index (χ3n) is 6.40. The quantitative estimate of drug-likeness (QED) is 0.689. The lowest BCUT2D eigenvalue weighted by atomic mass is 10.1. The molecule has 31 heavy (non-hydrogen) atoms. The van der Waals surface area contributed by atoms with Gasteiger partial charge in [0.15, 0.2) is 5.65 Å². The van der Waals surface area contributed by atoms with Crippen LogP contribution in [-0.4, -0.2) is 64.7 Å². The van der Waals surface area contributed by atoms with Crippen molar-refractivity contribution < 1.29 is 23.2 Å². The van der Waals surface area contributed by atoms with Gasteiger partial charge in [-0.15, -0.1) is 0 Å². The van der Waals surface area contributed by atoms with Crippen molar-refractivity contribution in [3.63, 3.8) is 0 Å². The first-order chi connectivity index (χ1) is 15.0. The predicted molar refractivity (Wildman–Crippen MR) is 110 cm³/mol. The minimum atomic E-state index is -2.75. The first-order valence-corrected chi connectivity index (χ1v) is 10.5. The van der Waals surface area contributed by atoms with Crippen LogP contribution in [0.15, 0.2) is 36.5 Å². The molecule has 5 rings (SSSR count). The van der Waals surface area contributed by atoms with Crippen molar-refractivity contribution in [3.8, 4) is 17.0 Å². The second-order valence-corrected chi connectivity index (χ2v) is 8.14. The lowest BCUT2D eigenvalue weighted by Gasteiger charge is -2.34. The molecule has 1 N–H and O–H groups in total. The third kappa shape index (κ3) is 3.52. The molecule has 2 unspecified atom stereocenters. The summed E-state index contributed by atoms with van der Waals surface area (Å²) in [5.74, 6) is 0.466. The number of ether oxygens (including phenoxy) is 1. The number of benzene rings is 1. The largest absolute Gasteiger partial charge is 0.497 e. The van der Waals surface area contributed by atoms with Crippen molar-refractivity contribution in [2.75, 3.05) is 33.3 Å². The van der Waals surface area contributed by atoms with Gasteiger partial charge in [-0.25, -0.2) is 18.3 Å². The highest BCUT2D eigenvalue weighted by molar-refractivity contribution is 6.00. The van der Waals surface area contributed by atoms with Crippen LogP contribution in [0.1, 0.15) is 35.3 Å². The maximum atomic E-state index is 13.8. The smallest absolute Gasteiger partial charge is 0.280 e. The fraction of sp³-hybridized carbons (Fsp3) is 0.409. The van der Waals surface area contributed by atoms with Gasteiger partial charge in [-0.2, -0.15) is 5.10 Å².